The van der Waals surface area contributed by atoms with Gasteiger partial charge in [0.2, 0.25) is 5.89 Å². The van der Waals surface area contributed by atoms with Crippen LogP contribution in [-0.4, -0.2) is 21.4 Å². The Kier molecular flexibility index (Phi) is 2.67. The average molecular weight is 270 g/mol. The second kappa shape index (κ2) is 4.42. The zero-order chi connectivity index (χ0) is 13.6. The van der Waals surface area contributed by atoms with Crippen LogP contribution in [0.2, 0.25) is 0 Å². The lowest BCUT2D eigenvalue weighted by Gasteiger charge is -2.11. The molecule has 1 aromatic heterocycles. The van der Waals surface area contributed by atoms with Gasteiger partial charge in [-0.2, -0.15) is 4.98 Å². The molecule has 2 fully saturated rings. The van der Waals surface area contributed by atoms with Crippen molar-refractivity contribution in [1.29, 1.82) is 0 Å². The van der Waals surface area contributed by atoms with Crippen molar-refractivity contribution in [1.82, 2.24) is 10.1 Å². The second-order valence-electron chi connectivity index (χ2n) is 6.01. The van der Waals surface area contributed by atoms with Gasteiger partial charge in [0.15, 0.2) is 5.82 Å². The van der Waals surface area contributed by atoms with E-state index in [-0.39, 0.29) is 17.4 Å². The fourth-order valence-electron chi connectivity index (χ4n) is 3.33. The number of aromatic nitrogens is 2. The van der Waals surface area contributed by atoms with E-state index in [2.05, 4.69) is 34.4 Å². The zero-order valence-corrected chi connectivity index (χ0v) is 11.3. The highest BCUT2D eigenvalue weighted by atomic mass is 16.5. The van der Waals surface area contributed by atoms with E-state index in [0.29, 0.717) is 5.89 Å². The van der Waals surface area contributed by atoms with E-state index in [0.717, 1.165) is 37.9 Å². The lowest BCUT2D eigenvalue weighted by molar-refractivity contribution is 0.148. The normalized spacial score (nSPS) is 27.6. The largest absolute Gasteiger partial charge is 0.392 e. The third-order valence-corrected chi connectivity index (χ3v) is 4.74. The molecule has 4 nitrogen and oxygen atoms in total. The topological polar surface area (TPSA) is 59.2 Å². The second-order valence-corrected chi connectivity index (χ2v) is 6.01. The molecule has 1 aromatic carbocycles. The summed E-state index contributed by atoms with van der Waals surface area (Å²) in [6.07, 6.45) is 4.64. The Balaban J connectivity index is 1.65. The van der Waals surface area contributed by atoms with Crippen molar-refractivity contribution >= 4 is 0 Å². The fraction of sp³-hybridized carbons (Fsp3) is 0.500. The highest BCUT2D eigenvalue weighted by molar-refractivity contribution is 5.38. The van der Waals surface area contributed by atoms with Crippen molar-refractivity contribution in [2.75, 3.05) is 0 Å². The van der Waals surface area contributed by atoms with Gasteiger partial charge in [-0.05, 0) is 37.7 Å². The van der Waals surface area contributed by atoms with Gasteiger partial charge in [-0.25, -0.2) is 0 Å². The van der Waals surface area contributed by atoms with Crippen molar-refractivity contribution in [3.05, 3.63) is 47.6 Å². The minimum atomic E-state index is -0.324. The van der Waals surface area contributed by atoms with Crippen LogP contribution in [0.3, 0.4) is 0 Å². The average Bonchev–Trinajstić information content (AvgIpc) is 2.94. The molecule has 0 bridgehead atoms. The summed E-state index contributed by atoms with van der Waals surface area (Å²) < 4.78 is 5.45. The van der Waals surface area contributed by atoms with Crippen LogP contribution in [0.1, 0.15) is 55.3 Å². The predicted molar refractivity (Wildman–Crippen MR) is 73.4 cm³/mol. The molecule has 0 saturated heterocycles. The molecule has 2 saturated carbocycles. The van der Waals surface area contributed by atoms with Crippen LogP contribution >= 0.6 is 0 Å². The van der Waals surface area contributed by atoms with Gasteiger partial charge < -0.3 is 9.63 Å². The highest BCUT2D eigenvalue weighted by Gasteiger charge is 2.50. The number of benzene rings is 1. The molecule has 20 heavy (non-hydrogen) atoms. The maximum Gasteiger partial charge on any atom is 0.232 e. The Hall–Kier alpha value is -1.68. The quantitative estimate of drug-likeness (QED) is 0.931. The van der Waals surface area contributed by atoms with Crippen molar-refractivity contribution in [2.24, 2.45) is 0 Å². The number of rotatable bonds is 3. The molecular weight excluding hydrogens is 252 g/mol. The van der Waals surface area contributed by atoms with Crippen LogP contribution in [-0.2, 0) is 5.41 Å². The summed E-state index contributed by atoms with van der Waals surface area (Å²) in [6.45, 7) is 0. The van der Waals surface area contributed by atoms with Crippen LogP contribution in [0.15, 0.2) is 34.9 Å². The van der Waals surface area contributed by atoms with E-state index >= 15 is 0 Å². The molecule has 2 aliphatic rings. The summed E-state index contributed by atoms with van der Waals surface area (Å²) in [5.74, 6) is 1.44. The summed E-state index contributed by atoms with van der Waals surface area (Å²) in [6, 6.07) is 10.4. The zero-order valence-electron chi connectivity index (χ0n) is 11.3. The minimum absolute atomic E-state index is 0.0304. The monoisotopic (exact) mass is 270 g/mol. The van der Waals surface area contributed by atoms with Crippen LogP contribution in [0.4, 0.5) is 0 Å². The van der Waals surface area contributed by atoms with Crippen LogP contribution in [0, 0.1) is 0 Å². The van der Waals surface area contributed by atoms with Crippen molar-refractivity contribution < 1.29 is 9.63 Å². The number of hydrogen-bond donors (Lipinski definition) is 1. The van der Waals surface area contributed by atoms with Crippen molar-refractivity contribution in [3.63, 3.8) is 0 Å². The van der Waals surface area contributed by atoms with Crippen molar-refractivity contribution in [2.45, 2.75) is 49.5 Å². The molecular formula is C16H18N2O2. The smallest absolute Gasteiger partial charge is 0.232 e. The summed E-state index contributed by atoms with van der Waals surface area (Å²) in [5.41, 5.74) is 1.21. The van der Waals surface area contributed by atoms with E-state index in [1.807, 2.05) is 6.07 Å². The Labute approximate surface area is 117 Å². The maximum absolute atomic E-state index is 9.96. The third kappa shape index (κ3) is 1.79. The predicted octanol–water partition coefficient (Wildman–Crippen LogP) is 2.78. The van der Waals surface area contributed by atoms with E-state index in [1.165, 1.54) is 5.56 Å². The van der Waals surface area contributed by atoms with Gasteiger partial charge in [-0.1, -0.05) is 35.5 Å². The first-order chi connectivity index (χ1) is 9.79. The summed E-state index contributed by atoms with van der Waals surface area (Å²) in [4.78, 5) is 4.62. The highest BCUT2D eigenvalue weighted by Crippen LogP contribution is 2.52. The summed E-state index contributed by atoms with van der Waals surface area (Å²) in [5, 5.41) is 14.2. The lowest BCUT2D eigenvalue weighted by atomic mass is 9.95. The molecule has 4 rings (SSSR count). The van der Waals surface area contributed by atoms with E-state index in [1.54, 1.807) is 0 Å². The van der Waals surface area contributed by atoms with E-state index in [9.17, 15) is 5.11 Å². The molecule has 4 heteroatoms. The Morgan fingerprint density at radius 3 is 2.60 bits per heavy atom. The first kappa shape index (κ1) is 12.1. The molecule has 1 heterocycles. The van der Waals surface area contributed by atoms with Gasteiger partial charge in [0, 0.05) is 0 Å². The van der Waals surface area contributed by atoms with Gasteiger partial charge >= 0.3 is 0 Å². The van der Waals surface area contributed by atoms with Crippen LogP contribution in [0.25, 0.3) is 0 Å². The molecule has 2 aliphatic carbocycles. The van der Waals surface area contributed by atoms with Gasteiger partial charge in [-0.15, -0.1) is 0 Å². The Bertz CT molecular complexity index is 604. The number of aliphatic hydroxyl groups is 1. The molecule has 104 valence electrons. The Morgan fingerprint density at radius 1 is 1.15 bits per heavy atom. The molecule has 0 amide bonds. The molecule has 2 atom stereocenters. The first-order valence-corrected chi connectivity index (χ1v) is 7.37. The molecule has 2 aromatic rings. The molecule has 2 unspecified atom stereocenters. The summed E-state index contributed by atoms with van der Waals surface area (Å²) in [7, 11) is 0. The van der Waals surface area contributed by atoms with Gasteiger partial charge in [0.25, 0.3) is 0 Å². The van der Waals surface area contributed by atoms with Gasteiger partial charge in [0.05, 0.1) is 17.4 Å². The molecule has 0 aliphatic heterocycles. The molecule has 0 radical (unpaired) electrons. The molecule has 0 spiro atoms. The van der Waals surface area contributed by atoms with E-state index < -0.39 is 0 Å². The van der Waals surface area contributed by atoms with Gasteiger partial charge in [0.1, 0.15) is 0 Å². The lowest BCUT2D eigenvalue weighted by Crippen LogP contribution is -2.13. The molecule has 1 N–H and O–H groups in total. The number of hydrogen-bond acceptors (Lipinski definition) is 4. The Morgan fingerprint density at radius 2 is 1.95 bits per heavy atom. The van der Waals surface area contributed by atoms with E-state index in [4.69, 9.17) is 4.52 Å². The third-order valence-electron chi connectivity index (χ3n) is 4.74. The number of nitrogens with zero attached hydrogens (tertiary/aromatic N) is 2. The SMILES string of the molecule is OC1CCCC1c1nc(C2(c3ccccc3)CC2)no1. The van der Waals surface area contributed by atoms with Crippen LogP contribution < -0.4 is 0 Å². The maximum atomic E-state index is 9.96. The van der Waals surface area contributed by atoms with Crippen molar-refractivity contribution in [3.8, 4) is 0 Å². The number of aliphatic hydroxyl groups excluding tert-OH is 1. The van der Waals surface area contributed by atoms with Gasteiger partial charge in [-0.3, -0.25) is 0 Å². The first-order valence-electron chi connectivity index (χ1n) is 7.37. The van der Waals surface area contributed by atoms with Crippen LogP contribution in [0.5, 0.6) is 0 Å². The minimum Gasteiger partial charge on any atom is -0.392 e. The summed E-state index contributed by atoms with van der Waals surface area (Å²) >= 11 is 0. The standard InChI is InChI=1S/C16H18N2O2/c19-13-8-4-7-12(13)14-17-15(18-20-14)16(9-10-16)11-5-2-1-3-6-11/h1-3,5-6,12-13,19H,4,7-10H2. The fourth-order valence-corrected chi connectivity index (χ4v) is 3.33.